The number of allylic oxidation sites excluding steroid dienone is 2. The molecule has 0 saturated carbocycles. The fraction of sp³-hybridized carbons (Fsp3) is 0.385. The molecule has 2 aromatic carbocycles. The van der Waals surface area contributed by atoms with Crippen LogP contribution in [0.1, 0.15) is 76.6 Å². The predicted molar refractivity (Wildman–Crippen MR) is 194 cm³/mol. The second-order valence-corrected chi connectivity index (χ2v) is 19.5. The monoisotopic (exact) mass is 666 g/mol. The summed E-state index contributed by atoms with van der Waals surface area (Å²) in [6, 6.07) is 7.44. The molecule has 9 heteroatoms. The molecule has 0 N–H and O–H groups in total. The fourth-order valence-corrected chi connectivity index (χ4v) is 5.55. The van der Waals surface area contributed by atoms with Crippen molar-refractivity contribution in [3.8, 4) is 35.3 Å². The quantitative estimate of drug-likeness (QED) is 0.202. The molecule has 0 radical (unpaired) electrons. The molecule has 0 spiro atoms. The number of ketones is 2. The number of ether oxygens (including phenoxy) is 2. The average molecular weight is 667 g/mol. The normalized spacial score (nSPS) is 15.0. The van der Waals surface area contributed by atoms with E-state index in [0.717, 1.165) is 22.4 Å². The molecule has 0 atom stereocenters. The smallest absolute Gasteiger partial charge is 0.238 e. The zero-order chi connectivity index (χ0) is 36.2. The number of nitrogens with zero attached hydrogens (tertiary/aromatic N) is 2. The summed E-state index contributed by atoms with van der Waals surface area (Å²) in [6.45, 7) is 19.0. The lowest BCUT2D eigenvalue weighted by Gasteiger charge is -2.27. The van der Waals surface area contributed by atoms with Gasteiger partial charge in [0.15, 0.2) is 11.6 Å². The third kappa shape index (κ3) is 9.14. The van der Waals surface area contributed by atoms with Gasteiger partial charge in [-0.1, -0.05) is 73.0 Å². The molecule has 0 saturated heterocycles. The number of carbonyl (C=O) groups is 4. The van der Waals surface area contributed by atoms with E-state index in [-0.39, 0.29) is 47.1 Å². The minimum atomic E-state index is -1.57. The molecule has 2 aromatic rings. The summed E-state index contributed by atoms with van der Waals surface area (Å²) in [5.74, 6) is 6.42. The number of terminal acetylenes is 1. The van der Waals surface area contributed by atoms with Crippen molar-refractivity contribution in [3.63, 3.8) is 0 Å². The fourth-order valence-electron chi connectivity index (χ4n) is 5.04. The highest BCUT2D eigenvalue weighted by atomic mass is 28.3. The maximum Gasteiger partial charge on any atom is 0.238 e. The summed E-state index contributed by atoms with van der Waals surface area (Å²) >= 11 is 0. The van der Waals surface area contributed by atoms with Crippen LogP contribution in [-0.4, -0.2) is 45.7 Å². The van der Waals surface area contributed by atoms with E-state index < -0.39 is 8.07 Å². The standard InChI is InChI=1S/C21H27NO3Si.C18H19NO3/c1-21(2,3)18-13-16(22-10-8-17(23)14-19(22)24)12-15(20(18)25-4)9-11-26(5,6)7;1-6-12-9-13(19-8-7-14(20)11-16(19)21)10-15(17(12)22-5)18(2,3)4/h8,10,12-13H,14H2,1-7H3;1,7-10H,11H2,2-5H3. The van der Waals surface area contributed by atoms with Crippen LogP contribution in [0.3, 0.4) is 0 Å². The third-order valence-electron chi connectivity index (χ3n) is 7.46. The second-order valence-electron chi connectivity index (χ2n) is 14.7. The number of benzene rings is 2. The van der Waals surface area contributed by atoms with E-state index in [1.54, 1.807) is 20.3 Å². The van der Waals surface area contributed by atoms with E-state index >= 15 is 0 Å². The Balaban J connectivity index is 0.000000264. The van der Waals surface area contributed by atoms with Gasteiger partial charge in [-0.15, -0.1) is 12.0 Å². The van der Waals surface area contributed by atoms with Crippen molar-refractivity contribution in [2.24, 2.45) is 0 Å². The summed E-state index contributed by atoms with van der Waals surface area (Å²) in [6.07, 6.45) is 11.2. The lowest BCUT2D eigenvalue weighted by Crippen LogP contribution is -2.31. The van der Waals surface area contributed by atoms with Gasteiger partial charge in [-0.3, -0.25) is 29.0 Å². The van der Waals surface area contributed by atoms with Crippen LogP contribution in [0, 0.1) is 23.8 Å². The van der Waals surface area contributed by atoms with Crippen molar-refractivity contribution >= 4 is 42.8 Å². The zero-order valence-corrected chi connectivity index (χ0v) is 31.0. The predicted octanol–water partition coefficient (Wildman–Crippen LogP) is 6.83. The number of carbonyl (C=O) groups excluding carboxylic acids is 4. The Bertz CT molecular complexity index is 1800. The number of amides is 2. The van der Waals surface area contributed by atoms with Gasteiger partial charge in [-0.05, 0) is 47.2 Å². The summed E-state index contributed by atoms with van der Waals surface area (Å²) in [5, 5.41) is 0. The summed E-state index contributed by atoms with van der Waals surface area (Å²) in [5.41, 5.74) is 7.60. The van der Waals surface area contributed by atoms with Crippen LogP contribution < -0.4 is 19.3 Å². The Morgan fingerprint density at radius 3 is 1.42 bits per heavy atom. The molecule has 2 amide bonds. The van der Waals surface area contributed by atoms with Gasteiger partial charge in [0, 0.05) is 23.5 Å². The molecule has 0 unspecified atom stereocenters. The molecule has 2 aliphatic heterocycles. The highest BCUT2D eigenvalue weighted by molar-refractivity contribution is 6.83. The molecule has 8 nitrogen and oxygen atoms in total. The van der Waals surface area contributed by atoms with Crippen LogP contribution in [0.2, 0.25) is 19.6 Å². The van der Waals surface area contributed by atoms with Gasteiger partial charge >= 0.3 is 0 Å². The van der Waals surface area contributed by atoms with Gasteiger partial charge in [0.25, 0.3) is 0 Å². The van der Waals surface area contributed by atoms with Gasteiger partial charge in [0.1, 0.15) is 19.6 Å². The van der Waals surface area contributed by atoms with E-state index in [9.17, 15) is 19.2 Å². The van der Waals surface area contributed by atoms with Crippen LogP contribution in [-0.2, 0) is 30.0 Å². The topological polar surface area (TPSA) is 93.2 Å². The number of hydrogen-bond acceptors (Lipinski definition) is 6. The van der Waals surface area contributed by atoms with Crippen LogP contribution >= 0.6 is 0 Å². The largest absolute Gasteiger partial charge is 0.495 e. The SMILES string of the molecule is C#Cc1cc(N2C=CC(=O)CC2=O)cc(C(C)(C)C)c1OC.COc1c(C#C[Si](C)(C)C)cc(N2C=CC(=O)CC2=O)cc1C(C)(C)C. The Morgan fingerprint density at radius 1 is 0.688 bits per heavy atom. The van der Waals surface area contributed by atoms with Crippen LogP contribution in [0.5, 0.6) is 11.5 Å². The van der Waals surface area contributed by atoms with E-state index in [1.807, 2.05) is 39.0 Å². The van der Waals surface area contributed by atoms with Crippen molar-refractivity contribution in [2.75, 3.05) is 24.0 Å². The van der Waals surface area contributed by atoms with E-state index in [0.29, 0.717) is 22.7 Å². The number of rotatable bonds is 4. The van der Waals surface area contributed by atoms with E-state index in [4.69, 9.17) is 15.9 Å². The molecule has 4 rings (SSSR count). The van der Waals surface area contributed by atoms with Gasteiger partial charge < -0.3 is 9.47 Å². The molecule has 0 bridgehead atoms. The Labute approximate surface area is 286 Å². The molecular formula is C39H46N2O6Si. The minimum absolute atomic E-state index is 0.108. The Hall–Kier alpha value is -4.86. The molecule has 48 heavy (non-hydrogen) atoms. The molecule has 0 aromatic heterocycles. The van der Waals surface area contributed by atoms with E-state index in [2.05, 4.69) is 57.8 Å². The molecule has 252 valence electrons. The van der Waals surface area contributed by atoms with Crippen LogP contribution in [0.4, 0.5) is 11.4 Å². The minimum Gasteiger partial charge on any atom is -0.495 e. The number of anilines is 2. The van der Waals surface area contributed by atoms with Crippen molar-refractivity contribution in [1.29, 1.82) is 0 Å². The van der Waals surface area contributed by atoms with Crippen molar-refractivity contribution in [3.05, 3.63) is 71.1 Å². The first kappa shape index (κ1) is 37.6. The molecule has 0 aliphatic carbocycles. The summed E-state index contributed by atoms with van der Waals surface area (Å²) in [4.78, 5) is 50.2. The Kier molecular flexibility index (Phi) is 11.4. The van der Waals surface area contributed by atoms with Crippen molar-refractivity contribution in [2.45, 2.75) is 84.9 Å². The van der Waals surface area contributed by atoms with Crippen LogP contribution in [0.25, 0.3) is 0 Å². The number of methoxy groups -OCH3 is 2. The zero-order valence-electron chi connectivity index (χ0n) is 30.0. The van der Waals surface area contributed by atoms with Gasteiger partial charge in [0.2, 0.25) is 11.8 Å². The molecule has 2 aliphatic rings. The first-order chi connectivity index (χ1) is 22.2. The third-order valence-corrected chi connectivity index (χ3v) is 8.34. The molecule has 2 heterocycles. The van der Waals surface area contributed by atoms with Crippen molar-refractivity contribution in [1.82, 2.24) is 0 Å². The first-order valence-corrected chi connectivity index (χ1v) is 19.2. The Morgan fingerprint density at radius 2 is 1.08 bits per heavy atom. The van der Waals surface area contributed by atoms with Gasteiger partial charge in [0.05, 0.1) is 49.6 Å². The average Bonchev–Trinajstić information content (AvgIpc) is 2.98. The molecular weight excluding hydrogens is 621 g/mol. The maximum atomic E-state index is 12.3. The van der Waals surface area contributed by atoms with Crippen LogP contribution in [0.15, 0.2) is 48.8 Å². The summed E-state index contributed by atoms with van der Waals surface area (Å²) in [7, 11) is 1.65. The lowest BCUT2D eigenvalue weighted by atomic mass is 9.84. The maximum absolute atomic E-state index is 12.3. The highest BCUT2D eigenvalue weighted by Crippen LogP contribution is 2.39. The van der Waals surface area contributed by atoms with Gasteiger partial charge in [-0.25, -0.2) is 0 Å². The first-order valence-electron chi connectivity index (χ1n) is 15.7. The van der Waals surface area contributed by atoms with E-state index in [1.165, 1.54) is 34.4 Å². The van der Waals surface area contributed by atoms with Gasteiger partial charge in [-0.2, -0.15) is 0 Å². The number of hydrogen-bond donors (Lipinski definition) is 0. The van der Waals surface area contributed by atoms with Crippen molar-refractivity contribution < 1.29 is 28.7 Å². The highest BCUT2D eigenvalue weighted by Gasteiger charge is 2.28. The summed E-state index contributed by atoms with van der Waals surface area (Å²) < 4.78 is 11.2. The lowest BCUT2D eigenvalue weighted by molar-refractivity contribution is -0.126. The molecule has 0 fully saturated rings. The second kappa shape index (κ2) is 14.5.